The molecular formula is C14H16ClFN2. The van der Waals surface area contributed by atoms with E-state index < -0.39 is 0 Å². The maximum atomic E-state index is 13.9. The van der Waals surface area contributed by atoms with E-state index in [1.165, 1.54) is 6.07 Å². The van der Waals surface area contributed by atoms with E-state index in [9.17, 15) is 4.39 Å². The number of nitrogens with zero attached hydrogens (tertiary/aromatic N) is 1. The lowest BCUT2D eigenvalue weighted by molar-refractivity contribution is 0.639. The zero-order valence-corrected chi connectivity index (χ0v) is 11.5. The standard InChI is InChI=1S/C14H16ClFN2/c1-4-17-12-7-11(8(2)3)18-14-9(15)5-6-10(16)13(12)14/h5-8H,4H2,1-3H3,(H,17,18). The van der Waals surface area contributed by atoms with Gasteiger partial charge in [0, 0.05) is 17.9 Å². The average molecular weight is 267 g/mol. The summed E-state index contributed by atoms with van der Waals surface area (Å²) in [6, 6.07) is 4.82. The minimum Gasteiger partial charge on any atom is -0.385 e. The fraction of sp³-hybridized carbons (Fsp3) is 0.357. The Balaban J connectivity index is 2.80. The summed E-state index contributed by atoms with van der Waals surface area (Å²) in [7, 11) is 0. The fourth-order valence-electron chi connectivity index (χ4n) is 1.91. The van der Waals surface area contributed by atoms with E-state index in [1.807, 2.05) is 13.0 Å². The second kappa shape index (κ2) is 5.11. The molecule has 0 fully saturated rings. The number of benzene rings is 1. The smallest absolute Gasteiger partial charge is 0.134 e. The van der Waals surface area contributed by atoms with Gasteiger partial charge in [-0.25, -0.2) is 4.39 Å². The molecule has 0 bridgehead atoms. The molecule has 4 heteroatoms. The van der Waals surface area contributed by atoms with Crippen LogP contribution in [0, 0.1) is 5.82 Å². The third-order valence-electron chi connectivity index (χ3n) is 2.84. The molecular weight excluding hydrogens is 251 g/mol. The Bertz CT molecular complexity index is 582. The third kappa shape index (κ3) is 2.27. The number of nitrogens with one attached hydrogen (secondary N) is 1. The van der Waals surface area contributed by atoms with Gasteiger partial charge in [-0.15, -0.1) is 0 Å². The normalized spacial score (nSPS) is 11.2. The number of halogens is 2. The first kappa shape index (κ1) is 13.1. The molecule has 0 radical (unpaired) electrons. The van der Waals surface area contributed by atoms with Gasteiger partial charge in [-0.1, -0.05) is 25.4 Å². The molecule has 2 rings (SSSR count). The lowest BCUT2D eigenvalue weighted by Crippen LogP contribution is -2.03. The second-order valence-electron chi connectivity index (χ2n) is 4.53. The molecule has 2 nitrogen and oxygen atoms in total. The van der Waals surface area contributed by atoms with Crippen molar-refractivity contribution in [2.75, 3.05) is 11.9 Å². The summed E-state index contributed by atoms with van der Waals surface area (Å²) in [5, 5.41) is 4.12. The van der Waals surface area contributed by atoms with Crippen molar-refractivity contribution in [3.63, 3.8) is 0 Å². The Morgan fingerprint density at radius 1 is 1.39 bits per heavy atom. The number of rotatable bonds is 3. The Labute approximate surface area is 111 Å². The van der Waals surface area contributed by atoms with Gasteiger partial charge in [-0.05, 0) is 31.0 Å². The highest BCUT2D eigenvalue weighted by Crippen LogP contribution is 2.32. The summed E-state index contributed by atoms with van der Waals surface area (Å²) in [5.74, 6) is -0.0284. The molecule has 18 heavy (non-hydrogen) atoms. The summed E-state index contributed by atoms with van der Waals surface area (Å²) in [4.78, 5) is 4.47. The number of pyridine rings is 1. The lowest BCUT2D eigenvalue weighted by Gasteiger charge is -2.13. The molecule has 0 unspecified atom stereocenters. The first-order valence-corrected chi connectivity index (χ1v) is 6.45. The van der Waals surface area contributed by atoms with Crippen LogP contribution in [0.1, 0.15) is 32.4 Å². The Hall–Kier alpha value is -1.35. The number of fused-ring (bicyclic) bond motifs is 1. The predicted octanol–water partition coefficient (Wildman–Crippen LogP) is 4.58. The Morgan fingerprint density at radius 3 is 2.72 bits per heavy atom. The van der Waals surface area contributed by atoms with Crippen LogP contribution >= 0.6 is 11.6 Å². The summed E-state index contributed by atoms with van der Waals surface area (Å²) in [6.07, 6.45) is 0. The highest BCUT2D eigenvalue weighted by atomic mass is 35.5. The van der Waals surface area contributed by atoms with Crippen LogP contribution in [0.15, 0.2) is 18.2 Å². The van der Waals surface area contributed by atoms with Crippen LogP contribution in [0.25, 0.3) is 10.9 Å². The molecule has 1 heterocycles. The third-order valence-corrected chi connectivity index (χ3v) is 3.14. The zero-order valence-electron chi connectivity index (χ0n) is 10.7. The molecule has 1 aromatic carbocycles. The van der Waals surface area contributed by atoms with Crippen molar-refractivity contribution in [2.45, 2.75) is 26.7 Å². The van der Waals surface area contributed by atoms with Crippen molar-refractivity contribution in [2.24, 2.45) is 0 Å². The van der Waals surface area contributed by atoms with E-state index in [4.69, 9.17) is 11.6 Å². The summed E-state index contributed by atoms with van der Waals surface area (Å²) >= 11 is 6.12. The van der Waals surface area contributed by atoms with E-state index in [-0.39, 0.29) is 11.7 Å². The molecule has 0 aliphatic carbocycles. The molecule has 2 aromatic rings. The SMILES string of the molecule is CCNc1cc(C(C)C)nc2c(Cl)ccc(F)c12. The quantitative estimate of drug-likeness (QED) is 0.879. The second-order valence-corrected chi connectivity index (χ2v) is 4.94. The van der Waals surface area contributed by atoms with Gasteiger partial charge in [0.25, 0.3) is 0 Å². The Morgan fingerprint density at radius 2 is 2.11 bits per heavy atom. The summed E-state index contributed by atoms with van der Waals surface area (Å²) in [6.45, 7) is 6.81. The van der Waals surface area contributed by atoms with Gasteiger partial charge in [0.15, 0.2) is 0 Å². The Kier molecular flexibility index (Phi) is 3.71. The predicted molar refractivity (Wildman–Crippen MR) is 75.0 cm³/mol. The zero-order chi connectivity index (χ0) is 13.3. The molecule has 1 N–H and O–H groups in total. The van der Waals surface area contributed by atoms with E-state index in [2.05, 4.69) is 24.1 Å². The lowest BCUT2D eigenvalue weighted by atomic mass is 10.1. The minimum atomic E-state index is -0.298. The first-order valence-electron chi connectivity index (χ1n) is 6.07. The molecule has 0 spiro atoms. The summed E-state index contributed by atoms with van der Waals surface area (Å²) in [5.41, 5.74) is 2.19. The number of aromatic nitrogens is 1. The average Bonchev–Trinajstić information content (AvgIpc) is 2.33. The molecule has 0 aliphatic rings. The highest BCUT2D eigenvalue weighted by molar-refractivity contribution is 6.35. The van der Waals surface area contributed by atoms with Crippen LogP contribution in [-0.2, 0) is 0 Å². The van der Waals surface area contributed by atoms with Crippen molar-refractivity contribution >= 4 is 28.2 Å². The van der Waals surface area contributed by atoms with Crippen LogP contribution in [0.2, 0.25) is 5.02 Å². The van der Waals surface area contributed by atoms with Crippen LogP contribution in [0.3, 0.4) is 0 Å². The van der Waals surface area contributed by atoms with E-state index >= 15 is 0 Å². The van der Waals surface area contributed by atoms with Crippen molar-refractivity contribution in [3.8, 4) is 0 Å². The first-order chi connectivity index (χ1) is 8.54. The van der Waals surface area contributed by atoms with Gasteiger partial charge in [0.05, 0.1) is 15.9 Å². The topological polar surface area (TPSA) is 24.9 Å². The van der Waals surface area contributed by atoms with Crippen LogP contribution < -0.4 is 5.32 Å². The van der Waals surface area contributed by atoms with Gasteiger partial charge in [0.1, 0.15) is 5.82 Å². The van der Waals surface area contributed by atoms with Gasteiger partial charge in [-0.2, -0.15) is 0 Å². The molecule has 0 saturated carbocycles. The van der Waals surface area contributed by atoms with Crippen molar-refractivity contribution in [1.29, 1.82) is 0 Å². The molecule has 0 saturated heterocycles. The van der Waals surface area contributed by atoms with E-state index in [0.29, 0.717) is 15.9 Å². The maximum absolute atomic E-state index is 13.9. The molecule has 96 valence electrons. The summed E-state index contributed by atoms with van der Waals surface area (Å²) < 4.78 is 13.9. The number of hydrogen-bond donors (Lipinski definition) is 1. The monoisotopic (exact) mass is 266 g/mol. The molecule has 0 aliphatic heterocycles. The number of hydrogen-bond acceptors (Lipinski definition) is 2. The molecule has 0 amide bonds. The van der Waals surface area contributed by atoms with Crippen molar-refractivity contribution in [3.05, 3.63) is 34.7 Å². The largest absolute Gasteiger partial charge is 0.385 e. The highest BCUT2D eigenvalue weighted by Gasteiger charge is 2.14. The van der Waals surface area contributed by atoms with Crippen molar-refractivity contribution in [1.82, 2.24) is 4.98 Å². The maximum Gasteiger partial charge on any atom is 0.134 e. The van der Waals surface area contributed by atoms with Crippen LogP contribution in [0.5, 0.6) is 0 Å². The van der Waals surface area contributed by atoms with E-state index in [0.717, 1.165) is 17.9 Å². The van der Waals surface area contributed by atoms with Crippen LogP contribution in [0.4, 0.5) is 10.1 Å². The van der Waals surface area contributed by atoms with Gasteiger partial charge < -0.3 is 5.32 Å². The molecule has 1 aromatic heterocycles. The van der Waals surface area contributed by atoms with Crippen molar-refractivity contribution < 1.29 is 4.39 Å². The van der Waals surface area contributed by atoms with E-state index in [1.54, 1.807) is 6.07 Å². The van der Waals surface area contributed by atoms with Crippen LogP contribution in [-0.4, -0.2) is 11.5 Å². The van der Waals surface area contributed by atoms with Gasteiger partial charge >= 0.3 is 0 Å². The van der Waals surface area contributed by atoms with Gasteiger partial charge in [-0.3, -0.25) is 4.98 Å². The number of anilines is 1. The van der Waals surface area contributed by atoms with Gasteiger partial charge in [0.2, 0.25) is 0 Å². The minimum absolute atomic E-state index is 0.270. The fourth-order valence-corrected chi connectivity index (χ4v) is 2.11. The molecule has 0 atom stereocenters.